The largest absolute Gasteiger partial charge is 0.496 e. The number of methoxy groups -OCH3 is 1. The Labute approximate surface area is 156 Å². The molecule has 0 fully saturated rings. The summed E-state index contributed by atoms with van der Waals surface area (Å²) in [5, 5.41) is 0. The Hall–Kier alpha value is -1.89. The zero-order chi connectivity index (χ0) is 18.7. The van der Waals surface area contributed by atoms with Gasteiger partial charge in [-0.15, -0.1) is 0 Å². The van der Waals surface area contributed by atoms with E-state index < -0.39 is 10.0 Å². The summed E-state index contributed by atoms with van der Waals surface area (Å²) >= 11 is 0. The van der Waals surface area contributed by atoms with E-state index in [-0.39, 0.29) is 0 Å². The van der Waals surface area contributed by atoms with Crippen molar-refractivity contribution in [3.05, 3.63) is 59.2 Å². The summed E-state index contributed by atoms with van der Waals surface area (Å²) < 4.78 is 31.5. The van der Waals surface area contributed by atoms with Crippen LogP contribution in [0.5, 0.6) is 5.75 Å². The smallest absolute Gasteiger partial charge is 0.242 e. The maximum atomic E-state index is 12.3. The highest BCUT2D eigenvalue weighted by Crippen LogP contribution is 2.26. The summed E-state index contributed by atoms with van der Waals surface area (Å²) in [7, 11) is 1.43. The Bertz CT molecular complexity index is 878. The maximum Gasteiger partial charge on any atom is 0.242 e. The zero-order valence-corrected chi connectivity index (χ0v) is 16.4. The summed E-state index contributed by atoms with van der Waals surface area (Å²) in [4.78, 5) is 2.72. The topological polar surface area (TPSA) is 49.9 Å². The molecule has 2 aromatic rings. The summed E-state index contributed by atoms with van der Waals surface area (Å²) in [5.74, 6) is 0.962. The van der Waals surface area contributed by atoms with Gasteiger partial charge in [0.25, 0.3) is 0 Å². The molecule has 0 amide bonds. The predicted molar refractivity (Wildman–Crippen MR) is 103 cm³/mol. The van der Waals surface area contributed by atoms with Crippen molar-refractivity contribution in [2.45, 2.75) is 24.3 Å². The highest BCUT2D eigenvalue weighted by molar-refractivity contribution is 7.89. The summed E-state index contributed by atoms with van der Waals surface area (Å²) in [6, 6.07) is 13.5. The molecule has 0 unspecified atom stereocenters. The molecule has 0 bridgehead atoms. The van der Waals surface area contributed by atoms with Gasteiger partial charge in [-0.3, -0.25) is 4.90 Å². The normalized spacial score (nSPS) is 15.5. The van der Waals surface area contributed by atoms with Gasteiger partial charge in [-0.05, 0) is 47.7 Å². The lowest BCUT2D eigenvalue weighted by Crippen LogP contribution is -2.26. The van der Waals surface area contributed by atoms with Gasteiger partial charge in [-0.2, -0.15) is 0 Å². The molecule has 26 heavy (non-hydrogen) atoms. The summed E-state index contributed by atoms with van der Waals surface area (Å²) in [5.41, 5.74) is 3.66. The molecule has 1 aliphatic heterocycles. The first-order valence-electron chi connectivity index (χ1n) is 8.80. The first-order chi connectivity index (χ1) is 12.4. The van der Waals surface area contributed by atoms with Crippen molar-refractivity contribution in [1.29, 1.82) is 0 Å². The molecule has 0 spiro atoms. The molecule has 0 saturated carbocycles. The minimum atomic E-state index is -3.40. The van der Waals surface area contributed by atoms with Gasteiger partial charge in [-0.1, -0.05) is 24.3 Å². The third-order valence-electron chi connectivity index (χ3n) is 4.91. The quantitative estimate of drug-likeness (QED) is 0.807. The Kier molecular flexibility index (Phi) is 5.65. The SMILES string of the molecule is COc1cccc2c1CCN(Cc1cccc(S(=O)(=O)N(C)C)c1)CC2. The van der Waals surface area contributed by atoms with Crippen molar-refractivity contribution in [2.24, 2.45) is 0 Å². The fourth-order valence-electron chi connectivity index (χ4n) is 3.41. The van der Waals surface area contributed by atoms with Crippen LogP contribution >= 0.6 is 0 Å². The molecule has 0 atom stereocenters. The Morgan fingerprint density at radius 3 is 2.54 bits per heavy atom. The number of hydrogen-bond donors (Lipinski definition) is 0. The number of ether oxygens (including phenoxy) is 1. The average Bonchev–Trinajstić information content (AvgIpc) is 2.84. The average molecular weight is 375 g/mol. The van der Waals surface area contributed by atoms with Crippen molar-refractivity contribution < 1.29 is 13.2 Å². The van der Waals surface area contributed by atoms with Gasteiger partial charge in [0.2, 0.25) is 10.0 Å². The monoisotopic (exact) mass is 374 g/mol. The zero-order valence-electron chi connectivity index (χ0n) is 15.6. The minimum Gasteiger partial charge on any atom is -0.496 e. The van der Waals surface area contributed by atoms with Gasteiger partial charge in [0.15, 0.2) is 0 Å². The fourth-order valence-corrected chi connectivity index (χ4v) is 4.38. The predicted octanol–water partition coefficient (Wildman–Crippen LogP) is 2.55. The number of sulfonamides is 1. The highest BCUT2D eigenvalue weighted by Gasteiger charge is 2.19. The van der Waals surface area contributed by atoms with E-state index in [1.54, 1.807) is 33.3 Å². The van der Waals surface area contributed by atoms with Crippen LogP contribution in [0.15, 0.2) is 47.4 Å². The van der Waals surface area contributed by atoms with Crippen LogP contribution in [0.2, 0.25) is 0 Å². The Balaban J connectivity index is 1.75. The molecule has 6 heteroatoms. The number of benzene rings is 2. The van der Waals surface area contributed by atoms with Gasteiger partial charge >= 0.3 is 0 Å². The van der Waals surface area contributed by atoms with Crippen LogP contribution in [-0.4, -0.2) is 51.9 Å². The van der Waals surface area contributed by atoms with E-state index in [2.05, 4.69) is 11.0 Å². The van der Waals surface area contributed by atoms with E-state index in [0.29, 0.717) is 4.90 Å². The van der Waals surface area contributed by atoms with Gasteiger partial charge in [0.05, 0.1) is 12.0 Å². The van der Waals surface area contributed by atoms with Crippen molar-refractivity contribution >= 4 is 10.0 Å². The first-order valence-corrected chi connectivity index (χ1v) is 10.2. The van der Waals surface area contributed by atoms with Crippen LogP contribution in [-0.2, 0) is 29.4 Å². The molecule has 5 nitrogen and oxygen atoms in total. The third kappa shape index (κ3) is 3.92. The van der Waals surface area contributed by atoms with E-state index in [0.717, 1.165) is 43.8 Å². The molecule has 0 radical (unpaired) electrons. The number of hydrogen-bond acceptors (Lipinski definition) is 4. The van der Waals surface area contributed by atoms with Crippen LogP contribution in [0.3, 0.4) is 0 Å². The summed E-state index contributed by atoms with van der Waals surface area (Å²) in [6.07, 6.45) is 1.91. The number of fused-ring (bicyclic) bond motifs is 1. The van der Waals surface area contributed by atoms with E-state index in [4.69, 9.17) is 4.74 Å². The lowest BCUT2D eigenvalue weighted by Gasteiger charge is -2.20. The highest BCUT2D eigenvalue weighted by atomic mass is 32.2. The van der Waals surface area contributed by atoms with Gasteiger partial charge in [0, 0.05) is 33.7 Å². The fraction of sp³-hybridized carbons (Fsp3) is 0.400. The summed E-state index contributed by atoms with van der Waals surface area (Å²) in [6.45, 7) is 2.62. The molecule has 1 aliphatic rings. The van der Waals surface area contributed by atoms with Crippen LogP contribution < -0.4 is 4.74 Å². The molecule has 1 heterocycles. The van der Waals surface area contributed by atoms with Gasteiger partial charge in [0.1, 0.15) is 5.75 Å². The molecular formula is C20H26N2O3S. The lowest BCUT2D eigenvalue weighted by molar-refractivity contribution is 0.278. The maximum absolute atomic E-state index is 12.3. The molecule has 0 aliphatic carbocycles. The van der Waals surface area contributed by atoms with Crippen molar-refractivity contribution in [3.8, 4) is 5.75 Å². The van der Waals surface area contributed by atoms with E-state index in [9.17, 15) is 8.42 Å². The van der Waals surface area contributed by atoms with Crippen LogP contribution in [0.25, 0.3) is 0 Å². The molecule has 0 N–H and O–H groups in total. The van der Waals surface area contributed by atoms with Crippen molar-refractivity contribution in [3.63, 3.8) is 0 Å². The first kappa shape index (κ1) is 18.9. The van der Waals surface area contributed by atoms with E-state index >= 15 is 0 Å². The molecule has 0 saturated heterocycles. The second-order valence-corrected chi connectivity index (χ2v) is 8.96. The third-order valence-corrected chi connectivity index (χ3v) is 6.72. The molecule has 3 rings (SSSR count). The van der Waals surface area contributed by atoms with Gasteiger partial charge < -0.3 is 4.74 Å². The molecule has 2 aromatic carbocycles. The number of nitrogens with zero attached hydrogens (tertiary/aromatic N) is 2. The van der Waals surface area contributed by atoms with Crippen LogP contribution in [0, 0.1) is 0 Å². The minimum absolute atomic E-state index is 0.347. The Morgan fingerprint density at radius 1 is 1.08 bits per heavy atom. The Morgan fingerprint density at radius 2 is 1.81 bits per heavy atom. The van der Waals surface area contributed by atoms with Crippen LogP contribution in [0.4, 0.5) is 0 Å². The molecule has 0 aromatic heterocycles. The number of rotatable bonds is 5. The lowest BCUT2D eigenvalue weighted by atomic mass is 10.0. The second-order valence-electron chi connectivity index (χ2n) is 6.81. The molecular weight excluding hydrogens is 348 g/mol. The van der Waals surface area contributed by atoms with Crippen LogP contribution in [0.1, 0.15) is 16.7 Å². The van der Waals surface area contributed by atoms with Gasteiger partial charge in [-0.25, -0.2) is 12.7 Å². The van der Waals surface area contributed by atoms with Crippen molar-refractivity contribution in [1.82, 2.24) is 9.21 Å². The second kappa shape index (κ2) is 7.78. The molecule has 140 valence electrons. The van der Waals surface area contributed by atoms with Crippen molar-refractivity contribution in [2.75, 3.05) is 34.3 Å². The standard InChI is InChI=1S/C20H26N2O3S/c1-21(2)26(23,24)18-8-4-6-16(14-18)15-22-12-10-17-7-5-9-20(25-3)19(17)11-13-22/h4-9,14H,10-13,15H2,1-3H3. The van der Waals surface area contributed by atoms with E-state index in [1.165, 1.54) is 15.4 Å². The van der Waals surface area contributed by atoms with E-state index in [1.807, 2.05) is 24.3 Å².